The Morgan fingerprint density at radius 1 is 0.914 bits per heavy atom. The summed E-state index contributed by atoms with van der Waals surface area (Å²) in [6, 6.07) is 23.5. The number of primary amides is 1. The van der Waals surface area contributed by atoms with Crippen molar-refractivity contribution in [2.24, 2.45) is 5.73 Å². The zero-order valence-electron chi connectivity index (χ0n) is 20.0. The molecule has 3 aromatic rings. The third kappa shape index (κ3) is 4.70. The molecule has 0 aliphatic carbocycles. The quantitative estimate of drug-likeness (QED) is 0.515. The van der Waals surface area contributed by atoms with Crippen LogP contribution in [-0.2, 0) is 11.3 Å². The van der Waals surface area contributed by atoms with Gasteiger partial charge in [-0.3, -0.25) is 14.5 Å². The maximum atomic E-state index is 13.4. The molecule has 6 heteroatoms. The number of likely N-dealkylation sites (tertiary alicyclic amines) is 1. The van der Waals surface area contributed by atoms with Crippen LogP contribution in [0.3, 0.4) is 0 Å². The van der Waals surface area contributed by atoms with Gasteiger partial charge >= 0.3 is 0 Å². The average molecular weight is 467 g/mol. The number of rotatable bonds is 6. The Hall–Kier alpha value is -3.90. The first-order chi connectivity index (χ1) is 17.0. The number of nitrogens with one attached hydrogen (secondary N) is 1. The zero-order valence-corrected chi connectivity index (χ0v) is 20.0. The summed E-state index contributed by atoms with van der Waals surface area (Å²) in [5.41, 5.74) is 11.7. The van der Waals surface area contributed by atoms with Crippen molar-refractivity contribution in [2.45, 2.75) is 25.8 Å². The normalized spacial score (nSPS) is 17.3. The van der Waals surface area contributed by atoms with Crippen molar-refractivity contribution in [3.63, 3.8) is 0 Å². The molecule has 0 aromatic heterocycles. The van der Waals surface area contributed by atoms with Crippen molar-refractivity contribution in [3.8, 4) is 0 Å². The molecule has 0 atom stereocenters. The molecule has 1 saturated heterocycles. The third-order valence-corrected chi connectivity index (χ3v) is 6.82. The van der Waals surface area contributed by atoms with Crippen LogP contribution in [0.1, 0.15) is 46.3 Å². The van der Waals surface area contributed by atoms with Gasteiger partial charge in [0.25, 0.3) is 5.91 Å². The topological polar surface area (TPSA) is 78.7 Å². The van der Waals surface area contributed by atoms with Gasteiger partial charge in [0.05, 0.1) is 17.0 Å². The van der Waals surface area contributed by atoms with Crippen LogP contribution in [0.5, 0.6) is 0 Å². The second-order valence-electron chi connectivity index (χ2n) is 9.24. The van der Waals surface area contributed by atoms with Crippen molar-refractivity contribution in [2.75, 3.05) is 30.4 Å². The Morgan fingerprint density at radius 2 is 1.63 bits per heavy atom. The summed E-state index contributed by atoms with van der Waals surface area (Å²) in [5, 5.41) is 3.52. The predicted octanol–water partition coefficient (Wildman–Crippen LogP) is 4.73. The number of anilines is 2. The first-order valence-electron chi connectivity index (χ1n) is 12.1. The van der Waals surface area contributed by atoms with Crippen LogP contribution >= 0.6 is 0 Å². The number of carbonyl (C=O) groups is 2. The lowest BCUT2D eigenvalue weighted by Gasteiger charge is -2.26. The molecular weight excluding hydrogens is 436 g/mol. The molecule has 0 unspecified atom stereocenters. The molecule has 0 saturated carbocycles. The Labute approximate surface area is 206 Å². The zero-order chi connectivity index (χ0) is 24.4. The molecule has 2 amide bonds. The van der Waals surface area contributed by atoms with Crippen molar-refractivity contribution >= 4 is 34.5 Å². The highest BCUT2D eigenvalue weighted by atomic mass is 16.2. The molecule has 2 aliphatic rings. The van der Waals surface area contributed by atoms with Gasteiger partial charge in [0.15, 0.2) is 0 Å². The van der Waals surface area contributed by atoms with Crippen LogP contribution in [0.25, 0.3) is 11.3 Å². The van der Waals surface area contributed by atoms with E-state index in [4.69, 9.17) is 5.73 Å². The fourth-order valence-corrected chi connectivity index (χ4v) is 4.91. The minimum Gasteiger partial charge on any atom is -0.366 e. The van der Waals surface area contributed by atoms with E-state index < -0.39 is 5.91 Å². The highest BCUT2D eigenvalue weighted by Crippen LogP contribution is 2.41. The summed E-state index contributed by atoms with van der Waals surface area (Å²) in [4.78, 5) is 29.2. The summed E-state index contributed by atoms with van der Waals surface area (Å²) in [6.07, 6.45) is 3.88. The summed E-state index contributed by atoms with van der Waals surface area (Å²) < 4.78 is 0. The van der Waals surface area contributed by atoms with Gasteiger partial charge in [-0.25, -0.2) is 0 Å². The van der Waals surface area contributed by atoms with Gasteiger partial charge in [-0.05, 0) is 61.3 Å². The number of nitrogens with two attached hydrogens (primary N) is 1. The van der Waals surface area contributed by atoms with E-state index in [1.165, 1.54) is 24.8 Å². The second kappa shape index (κ2) is 9.76. The Bertz CT molecular complexity index is 1280. The summed E-state index contributed by atoms with van der Waals surface area (Å²) >= 11 is 0. The monoisotopic (exact) mass is 466 g/mol. The molecule has 5 rings (SSSR count). The van der Waals surface area contributed by atoms with Crippen molar-refractivity contribution < 1.29 is 9.59 Å². The van der Waals surface area contributed by atoms with Gasteiger partial charge in [-0.15, -0.1) is 0 Å². The highest BCUT2D eigenvalue weighted by Gasteiger charge is 2.33. The van der Waals surface area contributed by atoms with E-state index in [1.54, 1.807) is 30.1 Å². The number of carbonyl (C=O) groups excluding carboxylic acids is 2. The maximum Gasteiger partial charge on any atom is 0.260 e. The molecule has 1 fully saturated rings. The van der Waals surface area contributed by atoms with E-state index in [0.29, 0.717) is 16.8 Å². The molecule has 178 valence electrons. The lowest BCUT2D eigenvalue weighted by Crippen LogP contribution is -2.29. The third-order valence-electron chi connectivity index (χ3n) is 6.82. The molecular formula is C29H30N4O2. The standard InChI is InChI=1S/C29H30N4O2/c1-32-25-18-22(28(30)34)12-15-24(25)26(29(32)35)27(21-8-4-2-5-9-21)31-23-13-10-20(11-14-23)19-33-16-6-3-7-17-33/h2,4-5,8-15,18,31H,3,6-7,16-17,19H2,1H3,(H2,30,34). The molecule has 2 heterocycles. The van der Waals surface area contributed by atoms with Gasteiger partial charge < -0.3 is 16.0 Å². The maximum absolute atomic E-state index is 13.4. The van der Waals surface area contributed by atoms with E-state index in [0.717, 1.165) is 42.1 Å². The van der Waals surface area contributed by atoms with Gasteiger partial charge in [0, 0.05) is 30.4 Å². The van der Waals surface area contributed by atoms with Gasteiger partial charge in [0.1, 0.15) is 0 Å². The molecule has 0 spiro atoms. The van der Waals surface area contributed by atoms with Crippen molar-refractivity contribution in [1.82, 2.24) is 4.90 Å². The summed E-state index contributed by atoms with van der Waals surface area (Å²) in [5.74, 6) is -0.646. The minimum absolute atomic E-state index is 0.130. The largest absolute Gasteiger partial charge is 0.366 e. The number of nitrogens with zero attached hydrogens (tertiary/aromatic N) is 2. The SMILES string of the molecule is CN1C(=O)C(=C(Nc2ccc(CN3CCCCC3)cc2)c2ccccc2)c2ccc(C(N)=O)cc21. The van der Waals surface area contributed by atoms with Crippen LogP contribution < -0.4 is 16.0 Å². The Morgan fingerprint density at radius 3 is 2.31 bits per heavy atom. The summed E-state index contributed by atoms with van der Waals surface area (Å²) in [7, 11) is 1.72. The number of hydrogen-bond donors (Lipinski definition) is 2. The lowest BCUT2D eigenvalue weighted by molar-refractivity contribution is -0.112. The first kappa shape index (κ1) is 22.9. The van der Waals surface area contributed by atoms with E-state index in [9.17, 15) is 9.59 Å². The van der Waals surface area contributed by atoms with Gasteiger partial charge in [-0.1, -0.05) is 55.0 Å². The number of piperidine rings is 1. The molecule has 2 aliphatic heterocycles. The van der Waals surface area contributed by atoms with Crippen molar-refractivity contribution in [3.05, 3.63) is 95.1 Å². The van der Waals surface area contributed by atoms with E-state index in [2.05, 4.69) is 34.5 Å². The predicted molar refractivity (Wildman–Crippen MR) is 141 cm³/mol. The van der Waals surface area contributed by atoms with Crippen LogP contribution in [-0.4, -0.2) is 36.9 Å². The molecule has 3 aromatic carbocycles. The Balaban J connectivity index is 1.51. The second-order valence-corrected chi connectivity index (χ2v) is 9.24. The molecule has 6 nitrogen and oxygen atoms in total. The lowest BCUT2D eigenvalue weighted by atomic mass is 9.99. The van der Waals surface area contributed by atoms with Crippen LogP contribution in [0.2, 0.25) is 0 Å². The van der Waals surface area contributed by atoms with Gasteiger partial charge in [-0.2, -0.15) is 0 Å². The number of benzene rings is 3. The van der Waals surface area contributed by atoms with E-state index >= 15 is 0 Å². The summed E-state index contributed by atoms with van der Waals surface area (Å²) in [6.45, 7) is 3.29. The van der Waals surface area contributed by atoms with Crippen molar-refractivity contribution in [1.29, 1.82) is 0 Å². The number of amides is 2. The fraction of sp³-hybridized carbons (Fsp3) is 0.241. The first-order valence-corrected chi connectivity index (χ1v) is 12.1. The molecule has 35 heavy (non-hydrogen) atoms. The molecule has 0 bridgehead atoms. The van der Waals surface area contributed by atoms with Gasteiger partial charge in [0.2, 0.25) is 5.91 Å². The minimum atomic E-state index is -0.517. The number of hydrogen-bond acceptors (Lipinski definition) is 4. The number of likely N-dealkylation sites (N-methyl/N-ethyl adjacent to an activating group) is 1. The molecule has 3 N–H and O–H groups in total. The van der Waals surface area contributed by atoms with E-state index in [1.807, 2.05) is 30.3 Å². The smallest absolute Gasteiger partial charge is 0.260 e. The average Bonchev–Trinajstić information content (AvgIpc) is 3.14. The fourth-order valence-electron chi connectivity index (χ4n) is 4.91. The number of fused-ring (bicyclic) bond motifs is 1. The van der Waals surface area contributed by atoms with Crippen LogP contribution in [0, 0.1) is 0 Å². The van der Waals surface area contributed by atoms with E-state index in [-0.39, 0.29) is 5.91 Å². The Kier molecular flexibility index (Phi) is 6.38. The van der Waals surface area contributed by atoms with Crippen LogP contribution in [0.4, 0.5) is 11.4 Å². The molecule has 0 radical (unpaired) electrons. The highest BCUT2D eigenvalue weighted by molar-refractivity contribution is 6.38. The van der Waals surface area contributed by atoms with Crippen LogP contribution in [0.15, 0.2) is 72.8 Å².